The lowest BCUT2D eigenvalue weighted by molar-refractivity contribution is -0.123. The molecule has 6 rings (SSSR count). The van der Waals surface area contributed by atoms with Crippen molar-refractivity contribution in [3.8, 4) is 0 Å². The number of likely N-dealkylation sites (tertiary alicyclic amines) is 1. The first-order valence-electron chi connectivity index (χ1n) is 13.9. The summed E-state index contributed by atoms with van der Waals surface area (Å²) in [5, 5.41) is 5.33. The Morgan fingerprint density at radius 2 is 1.80 bits per heavy atom. The molecule has 1 aromatic heterocycles. The van der Waals surface area contributed by atoms with Crippen molar-refractivity contribution >= 4 is 51.8 Å². The Labute approximate surface area is 247 Å². The lowest BCUT2D eigenvalue weighted by atomic mass is 10.0. The van der Waals surface area contributed by atoms with Gasteiger partial charge in [0, 0.05) is 42.0 Å². The van der Waals surface area contributed by atoms with Crippen LogP contribution in [-0.4, -0.2) is 75.5 Å². The van der Waals surface area contributed by atoms with Crippen LogP contribution in [0.4, 0.5) is 15.6 Å². The SMILES string of the molecule is CN1CCC2(CC1)SCC(C(=O)N(c1ccc(C(=O)NC3CC3)cc1)c1nccs1)N2C(=O)OCc1ccccc1. The van der Waals surface area contributed by atoms with E-state index in [0.717, 1.165) is 44.3 Å². The van der Waals surface area contributed by atoms with Gasteiger partial charge in [-0.05, 0) is 62.6 Å². The number of nitrogens with one attached hydrogen (secondary N) is 1. The lowest BCUT2D eigenvalue weighted by Gasteiger charge is -2.44. The number of hydrogen-bond acceptors (Lipinski definition) is 8. The van der Waals surface area contributed by atoms with Gasteiger partial charge >= 0.3 is 6.09 Å². The van der Waals surface area contributed by atoms with Gasteiger partial charge in [0.25, 0.3) is 11.8 Å². The summed E-state index contributed by atoms with van der Waals surface area (Å²) in [6.45, 7) is 1.80. The predicted molar refractivity (Wildman–Crippen MR) is 160 cm³/mol. The maximum atomic E-state index is 14.4. The minimum Gasteiger partial charge on any atom is -0.444 e. The molecule has 3 aliphatic rings. The van der Waals surface area contributed by atoms with E-state index in [1.807, 2.05) is 35.7 Å². The minimum absolute atomic E-state index is 0.116. The second-order valence-corrected chi connectivity index (χ2v) is 13.0. The van der Waals surface area contributed by atoms with Crippen molar-refractivity contribution in [1.29, 1.82) is 0 Å². The maximum absolute atomic E-state index is 14.4. The van der Waals surface area contributed by atoms with E-state index in [4.69, 9.17) is 4.74 Å². The topological polar surface area (TPSA) is 95.1 Å². The van der Waals surface area contributed by atoms with Gasteiger partial charge in [-0.3, -0.25) is 19.4 Å². The van der Waals surface area contributed by atoms with Crippen molar-refractivity contribution in [1.82, 2.24) is 20.1 Å². The first-order chi connectivity index (χ1) is 19.9. The number of anilines is 2. The molecular weight excluding hydrogens is 558 g/mol. The maximum Gasteiger partial charge on any atom is 0.411 e. The highest BCUT2D eigenvalue weighted by molar-refractivity contribution is 8.01. The summed E-state index contributed by atoms with van der Waals surface area (Å²) >= 11 is 3.02. The number of hydrogen-bond donors (Lipinski definition) is 1. The van der Waals surface area contributed by atoms with Crippen LogP contribution >= 0.6 is 23.1 Å². The van der Waals surface area contributed by atoms with Crippen LogP contribution in [0, 0.1) is 0 Å². The highest BCUT2D eigenvalue weighted by Crippen LogP contribution is 2.48. The van der Waals surface area contributed by atoms with E-state index in [9.17, 15) is 14.4 Å². The largest absolute Gasteiger partial charge is 0.444 e. The Morgan fingerprint density at radius 3 is 2.46 bits per heavy atom. The number of aromatic nitrogens is 1. The molecule has 0 bridgehead atoms. The molecule has 9 nitrogen and oxygen atoms in total. The number of ether oxygens (including phenoxy) is 1. The number of thiazole rings is 1. The smallest absolute Gasteiger partial charge is 0.411 e. The summed E-state index contributed by atoms with van der Waals surface area (Å²) < 4.78 is 5.83. The Bertz CT molecular complexity index is 1370. The zero-order valence-electron chi connectivity index (χ0n) is 22.9. The van der Waals surface area contributed by atoms with E-state index < -0.39 is 17.0 Å². The minimum atomic E-state index is -0.728. The van der Waals surface area contributed by atoms with Crippen LogP contribution < -0.4 is 10.2 Å². The molecule has 1 unspecified atom stereocenters. The molecular formula is C30H33N5O4S2. The van der Waals surface area contributed by atoms with Crippen molar-refractivity contribution in [2.24, 2.45) is 0 Å². The first kappa shape index (κ1) is 27.7. The number of thioether (sulfide) groups is 1. The number of carbonyl (C=O) groups excluding carboxylic acids is 3. The van der Waals surface area contributed by atoms with Gasteiger partial charge in [0.2, 0.25) is 0 Å². The van der Waals surface area contributed by atoms with Gasteiger partial charge in [0.15, 0.2) is 5.13 Å². The molecule has 2 aliphatic heterocycles. The molecule has 214 valence electrons. The fraction of sp³-hybridized carbons (Fsp3) is 0.400. The molecule has 1 aliphatic carbocycles. The van der Waals surface area contributed by atoms with Gasteiger partial charge in [0.1, 0.15) is 12.6 Å². The Kier molecular flexibility index (Phi) is 8.01. The number of nitrogens with zero attached hydrogens (tertiary/aromatic N) is 4. The van der Waals surface area contributed by atoms with E-state index in [2.05, 4.69) is 22.2 Å². The average molecular weight is 592 g/mol. The third-order valence-electron chi connectivity index (χ3n) is 7.85. The Balaban J connectivity index is 1.28. The first-order valence-corrected chi connectivity index (χ1v) is 15.8. The molecule has 11 heteroatoms. The molecule has 1 atom stereocenters. The van der Waals surface area contributed by atoms with E-state index in [1.165, 1.54) is 11.3 Å². The summed E-state index contributed by atoms with van der Waals surface area (Å²) in [6, 6.07) is 16.1. The van der Waals surface area contributed by atoms with E-state index in [1.54, 1.807) is 52.0 Å². The van der Waals surface area contributed by atoms with Gasteiger partial charge in [-0.2, -0.15) is 0 Å². The van der Waals surface area contributed by atoms with Crippen molar-refractivity contribution in [3.63, 3.8) is 0 Å². The van der Waals surface area contributed by atoms with Gasteiger partial charge in [-0.1, -0.05) is 30.3 Å². The molecule has 1 saturated carbocycles. The predicted octanol–water partition coefficient (Wildman–Crippen LogP) is 4.88. The van der Waals surface area contributed by atoms with Crippen LogP contribution in [0.1, 0.15) is 41.6 Å². The Morgan fingerprint density at radius 1 is 1.07 bits per heavy atom. The van der Waals surface area contributed by atoms with E-state index >= 15 is 0 Å². The number of piperidine rings is 1. The third kappa shape index (κ3) is 5.98. The Hall–Kier alpha value is -3.41. The van der Waals surface area contributed by atoms with Crippen LogP contribution in [-0.2, 0) is 16.1 Å². The molecule has 2 aromatic carbocycles. The van der Waals surface area contributed by atoms with Crippen LogP contribution in [0.5, 0.6) is 0 Å². The summed E-state index contributed by atoms with van der Waals surface area (Å²) in [4.78, 5) is 50.2. The number of rotatable bonds is 7. The van der Waals surface area contributed by atoms with Crippen LogP contribution in [0.3, 0.4) is 0 Å². The zero-order valence-corrected chi connectivity index (χ0v) is 24.5. The summed E-state index contributed by atoms with van der Waals surface area (Å²) in [7, 11) is 2.08. The van der Waals surface area contributed by atoms with Crippen molar-refractivity contribution in [2.75, 3.05) is 30.8 Å². The lowest BCUT2D eigenvalue weighted by Crippen LogP contribution is -2.58. The van der Waals surface area contributed by atoms with Crippen molar-refractivity contribution in [3.05, 3.63) is 77.3 Å². The second-order valence-electron chi connectivity index (χ2n) is 10.8. The molecule has 0 radical (unpaired) electrons. The molecule has 1 spiro atoms. The fourth-order valence-electron chi connectivity index (χ4n) is 5.35. The van der Waals surface area contributed by atoms with Gasteiger partial charge < -0.3 is 15.0 Å². The number of amides is 3. The van der Waals surface area contributed by atoms with Gasteiger partial charge in [-0.15, -0.1) is 23.1 Å². The standard InChI is InChI=1S/C30H33N5O4S2/c1-33-16-13-30(14-17-33)35(29(38)39-19-21-5-3-2-4-6-21)25(20-41-30)27(37)34(28-31-15-18-40-28)24-11-7-22(8-12-24)26(36)32-23-9-10-23/h2-8,11-12,15,18,23,25H,9-10,13-14,16-17,19-20H2,1H3,(H,32,36). The van der Waals surface area contributed by atoms with Gasteiger partial charge in [-0.25, -0.2) is 9.78 Å². The highest BCUT2D eigenvalue weighted by atomic mass is 32.2. The van der Waals surface area contributed by atoms with Crippen molar-refractivity contribution in [2.45, 2.75) is 49.2 Å². The quantitative estimate of drug-likeness (QED) is 0.419. The van der Waals surface area contributed by atoms with Crippen LogP contribution in [0.2, 0.25) is 0 Å². The second kappa shape index (κ2) is 11.8. The summed E-state index contributed by atoms with van der Waals surface area (Å²) in [6.07, 6.45) is 4.70. The zero-order chi connectivity index (χ0) is 28.4. The normalized spacial score (nSPS) is 20.1. The molecule has 41 heavy (non-hydrogen) atoms. The monoisotopic (exact) mass is 591 g/mol. The van der Waals surface area contributed by atoms with E-state index in [-0.39, 0.29) is 24.5 Å². The molecule has 3 aromatic rings. The fourth-order valence-corrected chi connectivity index (χ4v) is 7.58. The molecule has 1 N–H and O–H groups in total. The number of benzene rings is 2. The summed E-state index contributed by atoms with van der Waals surface area (Å²) in [5.41, 5.74) is 2.03. The van der Waals surface area contributed by atoms with E-state index in [0.29, 0.717) is 22.1 Å². The van der Waals surface area contributed by atoms with Crippen LogP contribution in [0.25, 0.3) is 0 Å². The van der Waals surface area contributed by atoms with Crippen LogP contribution in [0.15, 0.2) is 66.2 Å². The van der Waals surface area contributed by atoms with Gasteiger partial charge in [0.05, 0.1) is 10.6 Å². The molecule has 2 saturated heterocycles. The molecule has 3 amide bonds. The summed E-state index contributed by atoms with van der Waals surface area (Å²) in [5.74, 6) is 0.109. The molecule has 3 heterocycles. The third-order valence-corrected chi connectivity index (χ3v) is 10.2. The number of carbonyl (C=O) groups is 3. The van der Waals surface area contributed by atoms with Crippen molar-refractivity contribution < 1.29 is 19.1 Å². The molecule has 3 fully saturated rings. The average Bonchev–Trinajstić information content (AvgIpc) is 3.50. The highest BCUT2D eigenvalue weighted by Gasteiger charge is 2.54.